The van der Waals surface area contributed by atoms with Crippen molar-refractivity contribution in [1.29, 1.82) is 0 Å². The molecule has 0 aromatic carbocycles. The largest absolute Gasteiger partial charge is 0.513 e. The summed E-state index contributed by atoms with van der Waals surface area (Å²) < 4.78 is 0. The van der Waals surface area contributed by atoms with Crippen molar-refractivity contribution in [3.05, 3.63) is 24.0 Å². The Morgan fingerprint density at radius 3 is 2.84 bits per heavy atom. The summed E-state index contributed by atoms with van der Waals surface area (Å²) >= 11 is 0. The zero-order valence-electron chi connectivity index (χ0n) is 11.5. The number of carbonyl (C=O) groups excluding carboxylic acids is 1. The molecule has 0 radical (unpaired) electrons. The van der Waals surface area contributed by atoms with Crippen LogP contribution in [-0.4, -0.2) is 16.3 Å². The van der Waals surface area contributed by atoms with E-state index in [1.807, 2.05) is 13.0 Å². The molecule has 1 fully saturated rings. The third-order valence-electron chi connectivity index (χ3n) is 3.73. The highest BCUT2D eigenvalue weighted by Crippen LogP contribution is 2.35. The minimum Gasteiger partial charge on any atom is -0.513 e. The Bertz CT molecular complexity index is 333. The standard InChI is InChI=1S/C15H24O4/c1-2-5-12-6-3-7-13(12)10-11-14(16)8-4-9-15(17)19-18/h2,5,11-13,16,18H,3-4,6-10H2,1H3/b5-2+,14-11+/t12-,13+/m0/s1. The lowest BCUT2D eigenvalue weighted by Crippen LogP contribution is -2.04. The molecule has 0 amide bonds. The first-order valence-electron chi connectivity index (χ1n) is 7.02. The van der Waals surface area contributed by atoms with Crippen molar-refractivity contribution in [2.75, 3.05) is 0 Å². The molecule has 0 aromatic rings. The second-order valence-corrected chi connectivity index (χ2v) is 5.13. The van der Waals surface area contributed by atoms with Crippen molar-refractivity contribution in [3.8, 4) is 0 Å². The van der Waals surface area contributed by atoms with Crippen LogP contribution in [0.4, 0.5) is 0 Å². The van der Waals surface area contributed by atoms with Crippen molar-refractivity contribution in [1.82, 2.24) is 0 Å². The van der Waals surface area contributed by atoms with Crippen LogP contribution in [0, 0.1) is 11.8 Å². The van der Waals surface area contributed by atoms with Gasteiger partial charge in [0.15, 0.2) is 0 Å². The van der Waals surface area contributed by atoms with E-state index < -0.39 is 5.97 Å². The minimum atomic E-state index is -0.656. The van der Waals surface area contributed by atoms with Gasteiger partial charge in [-0.25, -0.2) is 4.79 Å². The molecule has 1 aliphatic carbocycles. The average Bonchev–Trinajstić information content (AvgIpc) is 2.84. The second kappa shape index (κ2) is 8.75. The fraction of sp³-hybridized carbons (Fsp3) is 0.667. The van der Waals surface area contributed by atoms with Crippen molar-refractivity contribution in [2.24, 2.45) is 11.8 Å². The number of rotatable bonds is 7. The van der Waals surface area contributed by atoms with Gasteiger partial charge in [-0.1, -0.05) is 18.6 Å². The summed E-state index contributed by atoms with van der Waals surface area (Å²) in [7, 11) is 0. The molecule has 0 aliphatic heterocycles. The van der Waals surface area contributed by atoms with Crippen LogP contribution in [-0.2, 0) is 9.68 Å². The molecule has 2 N–H and O–H groups in total. The van der Waals surface area contributed by atoms with Gasteiger partial charge in [0.25, 0.3) is 0 Å². The van der Waals surface area contributed by atoms with Gasteiger partial charge in [0, 0.05) is 12.8 Å². The van der Waals surface area contributed by atoms with Gasteiger partial charge in [0.05, 0.1) is 5.76 Å². The molecule has 1 saturated carbocycles. The van der Waals surface area contributed by atoms with Crippen LogP contribution in [0.3, 0.4) is 0 Å². The SMILES string of the molecule is C/C=C/[C@H]1CCC[C@@H]1C/C=C(/O)CCCC(=O)OO. The van der Waals surface area contributed by atoms with Crippen molar-refractivity contribution in [2.45, 2.75) is 51.9 Å². The Labute approximate surface area is 114 Å². The molecular formula is C15H24O4. The van der Waals surface area contributed by atoms with Crippen LogP contribution in [0.25, 0.3) is 0 Å². The van der Waals surface area contributed by atoms with Crippen LogP contribution in [0.5, 0.6) is 0 Å². The summed E-state index contributed by atoms with van der Waals surface area (Å²) in [6, 6.07) is 0. The van der Waals surface area contributed by atoms with E-state index in [1.54, 1.807) is 0 Å². The van der Waals surface area contributed by atoms with Crippen molar-refractivity contribution < 1.29 is 20.0 Å². The highest BCUT2D eigenvalue weighted by Gasteiger charge is 2.23. The maximum absolute atomic E-state index is 10.7. The van der Waals surface area contributed by atoms with Crippen LogP contribution < -0.4 is 0 Å². The first-order chi connectivity index (χ1) is 9.17. The third kappa shape index (κ3) is 5.92. The van der Waals surface area contributed by atoms with E-state index in [0.717, 1.165) is 6.42 Å². The summed E-state index contributed by atoms with van der Waals surface area (Å²) in [5, 5.41) is 17.8. The average molecular weight is 268 g/mol. The van der Waals surface area contributed by atoms with E-state index >= 15 is 0 Å². The van der Waals surface area contributed by atoms with Crippen LogP contribution >= 0.6 is 0 Å². The van der Waals surface area contributed by atoms with Gasteiger partial charge in [-0.3, -0.25) is 0 Å². The summed E-state index contributed by atoms with van der Waals surface area (Å²) in [5.41, 5.74) is 0. The maximum atomic E-state index is 10.7. The van der Waals surface area contributed by atoms with Gasteiger partial charge >= 0.3 is 5.97 Å². The highest BCUT2D eigenvalue weighted by atomic mass is 17.1. The molecule has 1 rings (SSSR count). The number of allylic oxidation sites excluding steroid dienone is 4. The molecule has 19 heavy (non-hydrogen) atoms. The van der Waals surface area contributed by atoms with Gasteiger partial charge in [0.1, 0.15) is 0 Å². The lowest BCUT2D eigenvalue weighted by Gasteiger charge is -2.14. The van der Waals surface area contributed by atoms with Gasteiger partial charge < -0.3 is 9.99 Å². The predicted octanol–water partition coefficient (Wildman–Crippen LogP) is 4.00. The zero-order valence-corrected chi connectivity index (χ0v) is 11.5. The summed E-state index contributed by atoms with van der Waals surface area (Å²) in [4.78, 5) is 14.3. The number of aliphatic hydroxyl groups excluding tert-OH is 1. The summed E-state index contributed by atoms with van der Waals surface area (Å²) in [6.45, 7) is 2.04. The van der Waals surface area contributed by atoms with E-state index in [2.05, 4.69) is 17.0 Å². The number of carbonyl (C=O) groups is 1. The fourth-order valence-electron chi connectivity index (χ4n) is 2.71. The van der Waals surface area contributed by atoms with Gasteiger partial charge in [-0.05, 0) is 50.5 Å². The van der Waals surface area contributed by atoms with Crippen LogP contribution in [0.15, 0.2) is 24.0 Å². The molecule has 0 unspecified atom stereocenters. The third-order valence-corrected chi connectivity index (χ3v) is 3.73. The Hall–Kier alpha value is -1.29. The summed E-state index contributed by atoms with van der Waals surface area (Å²) in [6.07, 6.45) is 11.9. The maximum Gasteiger partial charge on any atom is 0.342 e. The number of hydrogen-bond donors (Lipinski definition) is 2. The zero-order chi connectivity index (χ0) is 14.1. The van der Waals surface area contributed by atoms with E-state index in [9.17, 15) is 9.90 Å². The molecule has 0 aromatic heterocycles. The van der Waals surface area contributed by atoms with E-state index in [4.69, 9.17) is 5.26 Å². The fourth-order valence-corrected chi connectivity index (χ4v) is 2.71. The lowest BCUT2D eigenvalue weighted by molar-refractivity contribution is -0.234. The molecule has 4 nitrogen and oxygen atoms in total. The van der Waals surface area contributed by atoms with Gasteiger partial charge in [-0.15, -0.1) is 0 Å². The smallest absolute Gasteiger partial charge is 0.342 e. The van der Waals surface area contributed by atoms with Crippen LogP contribution in [0.1, 0.15) is 51.9 Å². The molecule has 0 heterocycles. The monoisotopic (exact) mass is 268 g/mol. The second-order valence-electron chi connectivity index (χ2n) is 5.13. The molecule has 2 atom stereocenters. The van der Waals surface area contributed by atoms with Gasteiger partial charge in [-0.2, -0.15) is 5.26 Å². The predicted molar refractivity (Wildman–Crippen MR) is 73.5 cm³/mol. The van der Waals surface area contributed by atoms with Crippen molar-refractivity contribution in [3.63, 3.8) is 0 Å². The Kier molecular flexibility index (Phi) is 7.26. The lowest BCUT2D eigenvalue weighted by atomic mass is 9.92. The quantitative estimate of drug-likeness (QED) is 0.317. The van der Waals surface area contributed by atoms with Crippen LogP contribution in [0.2, 0.25) is 0 Å². The summed E-state index contributed by atoms with van der Waals surface area (Å²) in [5.74, 6) is 0.938. The molecule has 4 heteroatoms. The highest BCUT2D eigenvalue weighted by molar-refractivity contribution is 5.68. The first kappa shape index (κ1) is 15.8. The normalized spacial score (nSPS) is 24.0. The van der Waals surface area contributed by atoms with E-state index in [0.29, 0.717) is 30.4 Å². The number of hydrogen-bond acceptors (Lipinski definition) is 4. The van der Waals surface area contributed by atoms with E-state index in [1.165, 1.54) is 19.3 Å². The molecule has 0 saturated heterocycles. The Morgan fingerprint density at radius 1 is 1.37 bits per heavy atom. The Balaban J connectivity index is 2.28. The molecule has 108 valence electrons. The van der Waals surface area contributed by atoms with Gasteiger partial charge in [0.2, 0.25) is 0 Å². The Morgan fingerprint density at radius 2 is 2.16 bits per heavy atom. The first-order valence-corrected chi connectivity index (χ1v) is 7.02. The minimum absolute atomic E-state index is 0.124. The van der Waals surface area contributed by atoms with Crippen molar-refractivity contribution >= 4 is 5.97 Å². The topological polar surface area (TPSA) is 66.8 Å². The number of aliphatic hydroxyl groups is 1. The van der Waals surface area contributed by atoms with E-state index in [-0.39, 0.29) is 6.42 Å². The molecule has 0 spiro atoms. The molecular weight excluding hydrogens is 244 g/mol. The molecule has 0 bridgehead atoms. The molecule has 1 aliphatic rings.